The Hall–Kier alpha value is -0.610. The van der Waals surface area contributed by atoms with E-state index in [4.69, 9.17) is 10.5 Å². The summed E-state index contributed by atoms with van der Waals surface area (Å²) >= 11 is 0. The van der Waals surface area contributed by atoms with E-state index in [0.29, 0.717) is 6.10 Å². The molecule has 0 aromatic heterocycles. The van der Waals surface area contributed by atoms with Crippen LogP contribution in [-0.4, -0.2) is 30.2 Å². The highest BCUT2D eigenvalue weighted by Crippen LogP contribution is 2.15. The number of hydrogen-bond acceptors (Lipinski definition) is 3. The van der Waals surface area contributed by atoms with Gasteiger partial charge in [-0.3, -0.25) is 4.79 Å². The minimum Gasteiger partial charge on any atom is -0.379 e. The number of amides is 1. The summed E-state index contributed by atoms with van der Waals surface area (Å²) in [5.41, 5.74) is 4.88. The van der Waals surface area contributed by atoms with Gasteiger partial charge in [-0.05, 0) is 53.4 Å². The highest BCUT2D eigenvalue weighted by molar-refractivity contribution is 5.84. The largest absolute Gasteiger partial charge is 0.379 e. The number of carbonyl (C=O) groups is 1. The molecule has 0 saturated carbocycles. The second kappa shape index (κ2) is 9.32. The molecule has 3 N–H and O–H groups in total. The van der Waals surface area contributed by atoms with Gasteiger partial charge in [-0.1, -0.05) is 13.3 Å². The van der Waals surface area contributed by atoms with Crippen molar-refractivity contribution in [1.82, 2.24) is 5.32 Å². The molecule has 1 amide bonds. The fourth-order valence-electron chi connectivity index (χ4n) is 2.26. The second-order valence-electron chi connectivity index (χ2n) is 5.92. The van der Waals surface area contributed by atoms with Crippen molar-refractivity contribution in [3.8, 4) is 0 Å². The van der Waals surface area contributed by atoms with Gasteiger partial charge in [0, 0.05) is 12.6 Å². The number of hydrogen-bond donors (Lipinski definition) is 2. The molecule has 0 heterocycles. The maximum atomic E-state index is 11.5. The SMILES string of the molecule is CCCC(C)OCCCCC(C)(NC(C)C)C(N)=O. The van der Waals surface area contributed by atoms with Gasteiger partial charge in [0.1, 0.15) is 0 Å². The van der Waals surface area contributed by atoms with Crippen LogP contribution in [0.5, 0.6) is 0 Å². The predicted octanol–water partition coefficient (Wildman–Crippen LogP) is 2.60. The van der Waals surface area contributed by atoms with E-state index < -0.39 is 5.54 Å². The molecule has 0 fully saturated rings. The zero-order chi connectivity index (χ0) is 14.9. The van der Waals surface area contributed by atoms with Gasteiger partial charge in [-0.25, -0.2) is 0 Å². The summed E-state index contributed by atoms with van der Waals surface area (Å²) in [5, 5.41) is 3.26. The number of primary amides is 1. The van der Waals surface area contributed by atoms with Crippen molar-refractivity contribution >= 4 is 5.91 Å². The first-order chi connectivity index (χ1) is 8.81. The van der Waals surface area contributed by atoms with E-state index in [1.165, 1.54) is 0 Å². The molecule has 0 spiro atoms. The lowest BCUT2D eigenvalue weighted by Gasteiger charge is -2.30. The van der Waals surface area contributed by atoms with Gasteiger partial charge in [0.25, 0.3) is 0 Å². The maximum Gasteiger partial charge on any atom is 0.237 e. The van der Waals surface area contributed by atoms with E-state index >= 15 is 0 Å². The van der Waals surface area contributed by atoms with E-state index in [9.17, 15) is 4.79 Å². The van der Waals surface area contributed by atoms with Crippen LogP contribution in [0.4, 0.5) is 0 Å². The Morgan fingerprint density at radius 2 is 1.95 bits per heavy atom. The third-order valence-corrected chi connectivity index (χ3v) is 3.32. The molecule has 0 aliphatic carbocycles. The highest BCUT2D eigenvalue weighted by Gasteiger charge is 2.30. The Labute approximate surface area is 118 Å². The molecule has 0 rings (SSSR count). The third kappa shape index (κ3) is 8.22. The van der Waals surface area contributed by atoms with Crippen LogP contribution < -0.4 is 11.1 Å². The number of carbonyl (C=O) groups excluding carboxylic acids is 1. The van der Waals surface area contributed by atoms with Crippen molar-refractivity contribution in [3.63, 3.8) is 0 Å². The molecule has 4 nitrogen and oxygen atoms in total. The van der Waals surface area contributed by atoms with Gasteiger partial charge in [0.05, 0.1) is 11.6 Å². The fourth-order valence-corrected chi connectivity index (χ4v) is 2.26. The fraction of sp³-hybridized carbons (Fsp3) is 0.933. The topological polar surface area (TPSA) is 64.3 Å². The van der Waals surface area contributed by atoms with E-state index in [0.717, 1.165) is 38.7 Å². The quantitative estimate of drug-likeness (QED) is 0.568. The third-order valence-electron chi connectivity index (χ3n) is 3.32. The molecule has 0 aliphatic rings. The zero-order valence-electron chi connectivity index (χ0n) is 13.3. The Morgan fingerprint density at radius 1 is 1.32 bits per heavy atom. The van der Waals surface area contributed by atoms with E-state index in [-0.39, 0.29) is 11.9 Å². The summed E-state index contributed by atoms with van der Waals surface area (Å²) in [6, 6.07) is 0.248. The molecule has 0 bridgehead atoms. The molecule has 0 aromatic rings. The summed E-state index contributed by atoms with van der Waals surface area (Å²) in [4.78, 5) is 11.5. The summed E-state index contributed by atoms with van der Waals surface area (Å²) in [7, 11) is 0. The smallest absolute Gasteiger partial charge is 0.237 e. The molecule has 0 aliphatic heterocycles. The molecular formula is C15H32N2O2. The second-order valence-corrected chi connectivity index (χ2v) is 5.92. The molecule has 2 unspecified atom stereocenters. The summed E-state index contributed by atoms with van der Waals surface area (Å²) < 4.78 is 5.70. The lowest BCUT2D eigenvalue weighted by Crippen LogP contribution is -2.55. The first kappa shape index (κ1) is 18.4. The predicted molar refractivity (Wildman–Crippen MR) is 80.0 cm³/mol. The van der Waals surface area contributed by atoms with E-state index in [1.807, 2.05) is 20.8 Å². The zero-order valence-corrected chi connectivity index (χ0v) is 13.3. The lowest BCUT2D eigenvalue weighted by molar-refractivity contribution is -0.124. The van der Waals surface area contributed by atoms with Crippen molar-refractivity contribution in [2.45, 2.75) is 84.4 Å². The van der Waals surface area contributed by atoms with Gasteiger partial charge in [-0.15, -0.1) is 0 Å². The number of nitrogens with one attached hydrogen (secondary N) is 1. The Kier molecular flexibility index (Phi) is 9.02. The molecule has 0 saturated heterocycles. The van der Waals surface area contributed by atoms with Crippen molar-refractivity contribution in [2.75, 3.05) is 6.61 Å². The van der Waals surface area contributed by atoms with Crippen molar-refractivity contribution in [2.24, 2.45) is 5.73 Å². The molecule has 19 heavy (non-hydrogen) atoms. The van der Waals surface area contributed by atoms with Crippen LogP contribution in [0.25, 0.3) is 0 Å². The minimum absolute atomic E-state index is 0.248. The van der Waals surface area contributed by atoms with Crippen LogP contribution in [0.3, 0.4) is 0 Å². The van der Waals surface area contributed by atoms with E-state index in [2.05, 4.69) is 19.2 Å². The van der Waals surface area contributed by atoms with Gasteiger partial charge >= 0.3 is 0 Å². The van der Waals surface area contributed by atoms with Crippen LogP contribution in [0.2, 0.25) is 0 Å². The standard InChI is InChI=1S/C15H32N2O2/c1-6-9-13(4)19-11-8-7-10-15(5,14(16)18)17-12(2)3/h12-13,17H,6-11H2,1-5H3,(H2,16,18). The van der Waals surface area contributed by atoms with Gasteiger partial charge < -0.3 is 15.8 Å². The molecular weight excluding hydrogens is 240 g/mol. The Bertz CT molecular complexity index is 257. The Balaban J connectivity index is 3.91. The molecule has 2 atom stereocenters. The molecule has 4 heteroatoms. The molecule has 114 valence electrons. The van der Waals surface area contributed by atoms with Crippen LogP contribution in [0.15, 0.2) is 0 Å². The van der Waals surface area contributed by atoms with Crippen LogP contribution >= 0.6 is 0 Å². The van der Waals surface area contributed by atoms with Gasteiger partial charge in [0.2, 0.25) is 5.91 Å². The van der Waals surface area contributed by atoms with Gasteiger partial charge in [-0.2, -0.15) is 0 Å². The molecule has 0 aromatic carbocycles. The number of rotatable bonds is 11. The lowest BCUT2D eigenvalue weighted by atomic mass is 9.93. The summed E-state index contributed by atoms with van der Waals surface area (Å²) in [5.74, 6) is -0.276. The van der Waals surface area contributed by atoms with Crippen molar-refractivity contribution in [1.29, 1.82) is 0 Å². The van der Waals surface area contributed by atoms with Crippen molar-refractivity contribution in [3.05, 3.63) is 0 Å². The number of unbranched alkanes of at least 4 members (excludes halogenated alkanes) is 1. The first-order valence-corrected chi connectivity index (χ1v) is 7.51. The monoisotopic (exact) mass is 272 g/mol. The average molecular weight is 272 g/mol. The summed E-state index contributed by atoms with van der Waals surface area (Å²) in [6.07, 6.45) is 5.26. The summed E-state index contributed by atoms with van der Waals surface area (Å²) in [6.45, 7) is 11.0. The number of nitrogens with two attached hydrogens (primary N) is 1. The maximum absolute atomic E-state index is 11.5. The molecule has 0 radical (unpaired) electrons. The highest BCUT2D eigenvalue weighted by atomic mass is 16.5. The average Bonchev–Trinajstić information content (AvgIpc) is 2.27. The van der Waals surface area contributed by atoms with Gasteiger partial charge in [0.15, 0.2) is 0 Å². The normalized spacial score (nSPS) is 16.3. The van der Waals surface area contributed by atoms with E-state index in [1.54, 1.807) is 0 Å². The first-order valence-electron chi connectivity index (χ1n) is 7.51. The number of ether oxygens (including phenoxy) is 1. The van der Waals surface area contributed by atoms with Crippen LogP contribution in [0, 0.1) is 0 Å². The minimum atomic E-state index is -0.608. The van der Waals surface area contributed by atoms with Crippen molar-refractivity contribution < 1.29 is 9.53 Å². The van der Waals surface area contributed by atoms with Crippen LogP contribution in [-0.2, 0) is 9.53 Å². The Morgan fingerprint density at radius 3 is 2.42 bits per heavy atom. The van der Waals surface area contributed by atoms with Crippen LogP contribution in [0.1, 0.15) is 66.7 Å².